The molecule has 28 heavy (non-hydrogen) atoms. The summed E-state index contributed by atoms with van der Waals surface area (Å²) in [5, 5.41) is 8.06. The first kappa shape index (κ1) is 17.4. The molecule has 0 radical (unpaired) electrons. The first-order chi connectivity index (χ1) is 13.7. The van der Waals surface area contributed by atoms with Crippen molar-refractivity contribution in [3.63, 3.8) is 0 Å². The summed E-state index contributed by atoms with van der Waals surface area (Å²) in [6.07, 6.45) is 5.66. The molecule has 0 spiro atoms. The predicted molar refractivity (Wildman–Crippen MR) is 102 cm³/mol. The molecule has 1 aliphatic carbocycles. The molecule has 1 unspecified atom stereocenters. The monoisotopic (exact) mass is 381 g/mol. The van der Waals surface area contributed by atoms with Gasteiger partial charge in [0.25, 0.3) is 0 Å². The molecule has 0 bridgehead atoms. The summed E-state index contributed by atoms with van der Waals surface area (Å²) in [7, 11) is 0. The van der Waals surface area contributed by atoms with Crippen LogP contribution in [0.25, 0.3) is 5.69 Å². The Hall–Kier alpha value is -2.73. The molecule has 0 saturated carbocycles. The minimum Gasteiger partial charge on any atom is -0.493 e. The van der Waals surface area contributed by atoms with Crippen LogP contribution in [0.1, 0.15) is 41.3 Å². The Morgan fingerprint density at radius 1 is 1.11 bits per heavy atom. The summed E-state index contributed by atoms with van der Waals surface area (Å²) in [6, 6.07) is 10.0. The van der Waals surface area contributed by atoms with Gasteiger partial charge in [0.15, 0.2) is 0 Å². The SMILES string of the molecule is Fc1cc(F)cc(-n2ncc3c2CCCC3NCc2ccc3c(c2)CCO3)c1. The molecular formula is C22H21F2N3O. The molecule has 0 fully saturated rings. The Kier molecular flexibility index (Phi) is 4.36. The zero-order valence-electron chi connectivity index (χ0n) is 15.4. The van der Waals surface area contributed by atoms with E-state index < -0.39 is 11.6 Å². The Morgan fingerprint density at radius 3 is 2.82 bits per heavy atom. The molecule has 1 aromatic heterocycles. The van der Waals surface area contributed by atoms with E-state index in [1.807, 2.05) is 12.3 Å². The number of rotatable bonds is 4. The maximum Gasteiger partial charge on any atom is 0.128 e. The average Bonchev–Trinajstić information content (AvgIpc) is 3.32. The topological polar surface area (TPSA) is 39.1 Å². The Labute approximate surface area is 162 Å². The summed E-state index contributed by atoms with van der Waals surface area (Å²) in [6.45, 7) is 1.52. The van der Waals surface area contributed by atoms with Gasteiger partial charge in [0.05, 0.1) is 18.5 Å². The molecule has 1 atom stereocenters. The van der Waals surface area contributed by atoms with Gasteiger partial charge in [0.2, 0.25) is 0 Å². The van der Waals surface area contributed by atoms with Crippen molar-refractivity contribution in [2.75, 3.05) is 6.61 Å². The van der Waals surface area contributed by atoms with Gasteiger partial charge in [-0.3, -0.25) is 0 Å². The van der Waals surface area contributed by atoms with Crippen LogP contribution in [-0.2, 0) is 19.4 Å². The maximum absolute atomic E-state index is 13.6. The van der Waals surface area contributed by atoms with E-state index in [9.17, 15) is 8.78 Å². The third-order valence-electron chi connectivity index (χ3n) is 5.58. The minimum absolute atomic E-state index is 0.181. The predicted octanol–water partition coefficient (Wildman–Crippen LogP) is 4.25. The first-order valence-electron chi connectivity index (χ1n) is 9.68. The second-order valence-electron chi connectivity index (χ2n) is 7.45. The highest BCUT2D eigenvalue weighted by Gasteiger charge is 2.25. The van der Waals surface area contributed by atoms with Crippen LogP contribution in [0.2, 0.25) is 0 Å². The van der Waals surface area contributed by atoms with E-state index in [0.29, 0.717) is 5.69 Å². The van der Waals surface area contributed by atoms with Gasteiger partial charge in [-0.2, -0.15) is 5.10 Å². The highest BCUT2D eigenvalue weighted by atomic mass is 19.1. The Bertz CT molecular complexity index is 1010. The van der Waals surface area contributed by atoms with Crippen molar-refractivity contribution in [2.45, 2.75) is 38.3 Å². The van der Waals surface area contributed by atoms with E-state index >= 15 is 0 Å². The Morgan fingerprint density at radius 2 is 1.96 bits per heavy atom. The summed E-state index contributed by atoms with van der Waals surface area (Å²) in [5.41, 5.74) is 5.06. The molecule has 2 aliphatic rings. The number of fused-ring (bicyclic) bond motifs is 2. The lowest BCUT2D eigenvalue weighted by Crippen LogP contribution is -2.25. The maximum atomic E-state index is 13.6. The van der Waals surface area contributed by atoms with Crippen LogP contribution >= 0.6 is 0 Å². The molecule has 3 aromatic rings. The second kappa shape index (κ2) is 7.02. The van der Waals surface area contributed by atoms with Crippen molar-refractivity contribution in [2.24, 2.45) is 0 Å². The fourth-order valence-electron chi connectivity index (χ4n) is 4.24. The van der Waals surface area contributed by atoms with Crippen LogP contribution in [0, 0.1) is 11.6 Å². The lowest BCUT2D eigenvalue weighted by atomic mass is 9.92. The largest absolute Gasteiger partial charge is 0.493 e. The average molecular weight is 381 g/mol. The molecule has 4 nitrogen and oxygen atoms in total. The number of halogens is 2. The number of nitrogens with one attached hydrogen (secondary N) is 1. The molecule has 1 N–H and O–H groups in total. The molecule has 2 heterocycles. The fourth-order valence-corrected chi connectivity index (χ4v) is 4.24. The van der Waals surface area contributed by atoms with Crippen LogP contribution in [0.15, 0.2) is 42.6 Å². The lowest BCUT2D eigenvalue weighted by Gasteiger charge is -2.24. The number of ether oxygens (including phenoxy) is 1. The van der Waals surface area contributed by atoms with Crippen LogP contribution in [0.5, 0.6) is 5.75 Å². The van der Waals surface area contributed by atoms with Crippen molar-refractivity contribution in [3.8, 4) is 11.4 Å². The number of nitrogens with zero attached hydrogens (tertiary/aromatic N) is 2. The lowest BCUT2D eigenvalue weighted by molar-refractivity contribution is 0.357. The number of aromatic nitrogens is 2. The van der Waals surface area contributed by atoms with Gasteiger partial charge in [0, 0.05) is 36.3 Å². The summed E-state index contributed by atoms with van der Waals surface area (Å²) < 4.78 is 34.5. The van der Waals surface area contributed by atoms with Crippen LogP contribution in [0.4, 0.5) is 8.78 Å². The molecule has 144 valence electrons. The molecule has 0 amide bonds. The number of benzene rings is 2. The van der Waals surface area contributed by atoms with E-state index in [1.54, 1.807) is 4.68 Å². The summed E-state index contributed by atoms with van der Waals surface area (Å²) in [5.74, 6) is -0.192. The number of hydrogen-bond acceptors (Lipinski definition) is 3. The van der Waals surface area contributed by atoms with Gasteiger partial charge < -0.3 is 10.1 Å². The smallest absolute Gasteiger partial charge is 0.128 e. The standard InChI is InChI=1S/C22H21F2N3O/c23-16-9-17(24)11-18(10-16)27-21-3-1-2-20(19(21)13-26-27)25-12-14-4-5-22-15(8-14)6-7-28-22/h4-5,8-11,13,20,25H,1-3,6-7,12H2. The van der Waals surface area contributed by atoms with Crippen LogP contribution in [-0.4, -0.2) is 16.4 Å². The van der Waals surface area contributed by atoms with Gasteiger partial charge in [-0.15, -0.1) is 0 Å². The zero-order chi connectivity index (χ0) is 19.1. The molecular weight excluding hydrogens is 360 g/mol. The third kappa shape index (κ3) is 3.18. The highest BCUT2D eigenvalue weighted by Crippen LogP contribution is 2.32. The molecule has 5 rings (SSSR count). The number of hydrogen-bond donors (Lipinski definition) is 1. The zero-order valence-corrected chi connectivity index (χ0v) is 15.4. The van der Waals surface area contributed by atoms with Gasteiger partial charge in [-0.1, -0.05) is 12.1 Å². The highest BCUT2D eigenvalue weighted by molar-refractivity contribution is 5.40. The van der Waals surface area contributed by atoms with Gasteiger partial charge in [-0.25, -0.2) is 13.5 Å². The van der Waals surface area contributed by atoms with Crippen molar-refractivity contribution >= 4 is 0 Å². The van der Waals surface area contributed by atoms with E-state index in [1.165, 1.54) is 23.3 Å². The quantitative estimate of drug-likeness (QED) is 0.734. The van der Waals surface area contributed by atoms with Crippen molar-refractivity contribution in [1.29, 1.82) is 0 Å². The van der Waals surface area contributed by atoms with Gasteiger partial charge in [-0.05, 0) is 48.6 Å². The van der Waals surface area contributed by atoms with Crippen molar-refractivity contribution < 1.29 is 13.5 Å². The third-order valence-corrected chi connectivity index (χ3v) is 5.58. The first-order valence-corrected chi connectivity index (χ1v) is 9.68. The van der Waals surface area contributed by atoms with Crippen LogP contribution < -0.4 is 10.1 Å². The summed E-state index contributed by atoms with van der Waals surface area (Å²) in [4.78, 5) is 0. The molecule has 0 saturated heterocycles. The fraction of sp³-hybridized carbons (Fsp3) is 0.318. The van der Waals surface area contributed by atoms with Crippen LogP contribution in [0.3, 0.4) is 0 Å². The van der Waals surface area contributed by atoms with E-state index in [2.05, 4.69) is 22.5 Å². The molecule has 1 aliphatic heterocycles. The molecule has 2 aromatic carbocycles. The van der Waals surface area contributed by atoms with Gasteiger partial charge in [0.1, 0.15) is 17.4 Å². The van der Waals surface area contributed by atoms with Crippen molar-refractivity contribution in [3.05, 3.63) is 76.6 Å². The van der Waals surface area contributed by atoms with E-state index in [4.69, 9.17) is 4.74 Å². The Balaban J connectivity index is 1.37. The van der Waals surface area contributed by atoms with E-state index in [-0.39, 0.29) is 6.04 Å². The molecule has 6 heteroatoms. The summed E-state index contributed by atoms with van der Waals surface area (Å²) >= 11 is 0. The van der Waals surface area contributed by atoms with E-state index in [0.717, 1.165) is 61.9 Å². The second-order valence-corrected chi connectivity index (χ2v) is 7.45. The minimum atomic E-state index is -0.592. The van der Waals surface area contributed by atoms with Crippen molar-refractivity contribution in [1.82, 2.24) is 15.1 Å². The normalized spacial score (nSPS) is 17.9. The van der Waals surface area contributed by atoms with Gasteiger partial charge >= 0.3 is 0 Å².